The maximum absolute atomic E-state index is 12.9. The average molecular weight is 575 g/mol. The summed E-state index contributed by atoms with van der Waals surface area (Å²) in [7, 11) is -16.9. The summed E-state index contributed by atoms with van der Waals surface area (Å²) < 4.78 is 52.3. The van der Waals surface area contributed by atoms with Crippen LogP contribution in [0.15, 0.2) is 46.2 Å². The molecule has 0 bridgehead atoms. The van der Waals surface area contributed by atoms with Gasteiger partial charge >= 0.3 is 29.2 Å². The van der Waals surface area contributed by atoms with Gasteiger partial charge in [0.2, 0.25) is 0 Å². The highest BCUT2D eigenvalue weighted by atomic mass is 31.3. The molecule has 0 aliphatic carbocycles. The molecule has 6 N–H and O–H groups in total. The predicted octanol–water partition coefficient (Wildman–Crippen LogP) is -1.58. The SMILES string of the molecule is O=c1ccn([C@@H]2O[C@H](COP(=O)(O)OP(=O)(O)OP(=O)(O)O)[C@H](O)[C@@H]2O)c(=O)n1Cc1ccccn1. The fraction of sp³-hybridized carbons (Fsp3) is 0.400. The van der Waals surface area contributed by atoms with Crippen molar-refractivity contribution in [3.63, 3.8) is 0 Å². The van der Waals surface area contributed by atoms with Crippen LogP contribution in [0.2, 0.25) is 0 Å². The van der Waals surface area contributed by atoms with E-state index in [1.807, 2.05) is 0 Å². The lowest BCUT2D eigenvalue weighted by Crippen LogP contribution is -2.43. The van der Waals surface area contributed by atoms with Gasteiger partial charge < -0.3 is 34.5 Å². The lowest BCUT2D eigenvalue weighted by atomic mass is 10.1. The number of pyridine rings is 1. The van der Waals surface area contributed by atoms with E-state index in [-0.39, 0.29) is 6.54 Å². The van der Waals surface area contributed by atoms with E-state index in [9.17, 15) is 38.4 Å². The molecule has 3 rings (SSSR count). The first-order valence-electron chi connectivity index (χ1n) is 9.60. The topological polar surface area (TPSA) is 266 Å². The molecule has 3 heterocycles. The van der Waals surface area contributed by atoms with E-state index in [1.165, 1.54) is 6.20 Å². The number of phosphoric ester groups is 1. The van der Waals surface area contributed by atoms with Crippen LogP contribution in [0.25, 0.3) is 0 Å². The lowest BCUT2D eigenvalue weighted by molar-refractivity contribution is -0.0547. The molecular formula is C15H20N3O15P3. The van der Waals surface area contributed by atoms with Crippen molar-refractivity contribution >= 4 is 23.5 Å². The van der Waals surface area contributed by atoms with Gasteiger partial charge in [0.15, 0.2) is 6.23 Å². The maximum Gasteiger partial charge on any atom is 0.490 e. The van der Waals surface area contributed by atoms with Crippen LogP contribution >= 0.6 is 23.5 Å². The summed E-state index contributed by atoms with van der Waals surface area (Å²) >= 11 is 0. The lowest BCUT2D eigenvalue weighted by Gasteiger charge is -2.19. The van der Waals surface area contributed by atoms with Crippen LogP contribution in [0.5, 0.6) is 0 Å². The first-order chi connectivity index (χ1) is 16.6. The largest absolute Gasteiger partial charge is 0.490 e. The molecule has 18 nitrogen and oxygen atoms in total. The van der Waals surface area contributed by atoms with Crippen molar-refractivity contribution in [1.29, 1.82) is 0 Å². The summed E-state index contributed by atoms with van der Waals surface area (Å²) in [5.41, 5.74) is -1.27. The van der Waals surface area contributed by atoms with Crippen LogP contribution in [0.4, 0.5) is 0 Å². The molecule has 0 spiro atoms. The maximum atomic E-state index is 12.9. The zero-order valence-corrected chi connectivity index (χ0v) is 20.4. The Morgan fingerprint density at radius 2 is 1.67 bits per heavy atom. The summed E-state index contributed by atoms with van der Waals surface area (Å²) in [4.78, 5) is 64.9. The Morgan fingerprint density at radius 3 is 2.28 bits per heavy atom. The zero-order chi connectivity index (χ0) is 26.9. The van der Waals surface area contributed by atoms with Crippen LogP contribution in [0, 0.1) is 0 Å². The Hall–Kier alpha value is -1.88. The monoisotopic (exact) mass is 575 g/mol. The number of nitrogens with zero attached hydrogens (tertiary/aromatic N) is 3. The van der Waals surface area contributed by atoms with E-state index in [0.717, 1.165) is 21.4 Å². The molecule has 21 heteroatoms. The molecule has 0 saturated carbocycles. The Bertz CT molecular complexity index is 1340. The molecule has 6 atom stereocenters. The van der Waals surface area contributed by atoms with Gasteiger partial charge in [-0.2, -0.15) is 8.62 Å². The Kier molecular flexibility index (Phi) is 8.65. The molecule has 2 unspecified atom stereocenters. The normalized spacial score (nSPS) is 25.8. The van der Waals surface area contributed by atoms with Crippen molar-refractivity contribution < 1.29 is 61.4 Å². The van der Waals surface area contributed by atoms with E-state index in [2.05, 4.69) is 18.1 Å². The van der Waals surface area contributed by atoms with Crippen LogP contribution in [-0.2, 0) is 38.1 Å². The molecule has 1 aliphatic heterocycles. The van der Waals surface area contributed by atoms with E-state index < -0.39 is 65.9 Å². The van der Waals surface area contributed by atoms with Crippen molar-refractivity contribution in [2.24, 2.45) is 0 Å². The molecular weight excluding hydrogens is 555 g/mol. The van der Waals surface area contributed by atoms with Gasteiger partial charge in [-0.15, -0.1) is 0 Å². The number of phosphoric acid groups is 3. The summed E-state index contributed by atoms with van der Waals surface area (Å²) in [6.45, 7) is -1.29. The molecule has 1 aliphatic rings. The quantitative estimate of drug-likeness (QED) is 0.174. The zero-order valence-electron chi connectivity index (χ0n) is 17.7. The fourth-order valence-electron chi connectivity index (χ4n) is 3.09. The molecule has 0 aromatic carbocycles. The first-order valence-corrected chi connectivity index (χ1v) is 14.1. The van der Waals surface area contributed by atoms with E-state index in [1.54, 1.807) is 18.2 Å². The highest BCUT2D eigenvalue weighted by molar-refractivity contribution is 7.66. The van der Waals surface area contributed by atoms with E-state index in [0.29, 0.717) is 5.69 Å². The standard InChI is InChI=1S/C15H20N3O15P3/c19-11-4-6-17(15(22)18(11)7-9-3-1-2-5-16-9)14-13(21)12(20)10(31-14)8-30-35(26,27)33-36(28,29)32-34(23,24)25/h1-6,10,12-14,20-21H,7-8H2,(H,26,27)(H,28,29)(H2,23,24,25)/t10-,12+,13+,14-/m1/s1. The van der Waals surface area contributed by atoms with Crippen molar-refractivity contribution in [3.8, 4) is 0 Å². The number of ether oxygens (including phenoxy) is 1. The van der Waals surface area contributed by atoms with Crippen molar-refractivity contribution in [2.75, 3.05) is 6.61 Å². The third-order valence-electron chi connectivity index (χ3n) is 4.57. The molecule has 2 aromatic rings. The van der Waals surface area contributed by atoms with Gasteiger partial charge in [-0.05, 0) is 12.1 Å². The second-order valence-corrected chi connectivity index (χ2v) is 11.6. The number of aromatic nitrogens is 3. The fourth-order valence-corrected chi connectivity index (χ4v) is 6.12. The summed E-state index contributed by atoms with van der Waals surface area (Å²) in [5.74, 6) is 0. The minimum Gasteiger partial charge on any atom is -0.387 e. The van der Waals surface area contributed by atoms with Gasteiger partial charge in [-0.3, -0.25) is 23.4 Å². The molecule has 1 fully saturated rings. The van der Waals surface area contributed by atoms with E-state index >= 15 is 0 Å². The number of hydrogen-bond donors (Lipinski definition) is 6. The number of aliphatic hydroxyl groups is 2. The molecule has 2 aromatic heterocycles. The van der Waals surface area contributed by atoms with Crippen molar-refractivity contribution in [2.45, 2.75) is 31.1 Å². The number of aliphatic hydroxyl groups excluding tert-OH is 2. The minimum atomic E-state index is -5.77. The minimum absolute atomic E-state index is 0.222. The van der Waals surface area contributed by atoms with E-state index in [4.69, 9.17) is 19.4 Å². The second kappa shape index (κ2) is 10.8. The van der Waals surface area contributed by atoms with Gasteiger partial charge in [-0.1, -0.05) is 6.07 Å². The number of hydrogen-bond acceptors (Lipinski definition) is 12. The van der Waals surface area contributed by atoms with Gasteiger partial charge in [-0.25, -0.2) is 18.5 Å². The van der Waals surface area contributed by atoms with Crippen LogP contribution in [0.1, 0.15) is 11.9 Å². The van der Waals surface area contributed by atoms with Gasteiger partial charge in [0, 0.05) is 18.5 Å². The molecule has 0 radical (unpaired) electrons. The average Bonchev–Trinajstić information content (AvgIpc) is 3.02. The first kappa shape index (κ1) is 28.7. The van der Waals surface area contributed by atoms with Crippen molar-refractivity contribution in [1.82, 2.24) is 14.1 Å². The Labute approximate surface area is 200 Å². The van der Waals surface area contributed by atoms with Crippen LogP contribution in [0.3, 0.4) is 0 Å². The van der Waals surface area contributed by atoms with Gasteiger partial charge in [0.1, 0.15) is 18.3 Å². The Balaban J connectivity index is 1.74. The highest BCUT2D eigenvalue weighted by Gasteiger charge is 2.46. The highest BCUT2D eigenvalue weighted by Crippen LogP contribution is 2.66. The third kappa shape index (κ3) is 7.34. The van der Waals surface area contributed by atoms with Crippen molar-refractivity contribution in [3.05, 3.63) is 63.2 Å². The Morgan fingerprint density at radius 1 is 0.972 bits per heavy atom. The van der Waals surface area contributed by atoms with Crippen LogP contribution < -0.4 is 11.2 Å². The summed E-state index contributed by atoms with van der Waals surface area (Å²) in [6.07, 6.45) is -4.41. The summed E-state index contributed by atoms with van der Waals surface area (Å²) in [5, 5.41) is 20.6. The third-order valence-corrected chi connectivity index (χ3v) is 8.37. The van der Waals surface area contributed by atoms with Crippen LogP contribution in [-0.4, -0.2) is 68.8 Å². The summed E-state index contributed by atoms with van der Waals surface area (Å²) in [6, 6.07) is 5.82. The molecule has 200 valence electrons. The predicted molar refractivity (Wildman–Crippen MR) is 114 cm³/mol. The smallest absolute Gasteiger partial charge is 0.387 e. The molecule has 0 amide bonds. The van der Waals surface area contributed by atoms with Gasteiger partial charge in [0.05, 0.1) is 18.8 Å². The second-order valence-electron chi connectivity index (χ2n) is 7.18. The van der Waals surface area contributed by atoms with Gasteiger partial charge in [0.25, 0.3) is 5.56 Å². The molecule has 1 saturated heterocycles. The number of rotatable bonds is 10. The molecule has 36 heavy (non-hydrogen) atoms.